The molecule has 0 fully saturated rings. The first kappa shape index (κ1) is 14.0. The van der Waals surface area contributed by atoms with Gasteiger partial charge in [-0.2, -0.15) is 0 Å². The van der Waals surface area contributed by atoms with E-state index in [0.717, 1.165) is 5.56 Å². The normalized spacial score (nSPS) is 10.3. The number of pyridine rings is 1. The van der Waals surface area contributed by atoms with Crippen LogP contribution < -0.4 is 4.74 Å². The molecule has 2 rings (SSSR count). The molecular weight excluding hydrogens is 258 g/mol. The summed E-state index contributed by atoms with van der Waals surface area (Å²) in [5.41, 5.74) is 1.50. The number of aromatic carboxylic acids is 1. The zero-order chi connectivity index (χ0) is 14.5. The van der Waals surface area contributed by atoms with Gasteiger partial charge in [0.25, 0.3) is 0 Å². The van der Waals surface area contributed by atoms with Gasteiger partial charge in [-0.1, -0.05) is 18.2 Å². The highest BCUT2D eigenvalue weighted by Gasteiger charge is 2.14. The number of hydrogen-bond donors (Lipinski definition) is 2. The van der Waals surface area contributed by atoms with Crippen molar-refractivity contribution in [2.24, 2.45) is 0 Å². The lowest BCUT2D eigenvalue weighted by atomic mass is 10.1. The topological polar surface area (TPSA) is 79.7 Å². The lowest BCUT2D eigenvalue weighted by Gasteiger charge is -2.12. The minimum absolute atomic E-state index is 0.00152. The summed E-state index contributed by atoms with van der Waals surface area (Å²) in [6, 6.07) is 8.80. The number of aromatic nitrogens is 1. The van der Waals surface area contributed by atoms with Gasteiger partial charge in [-0.25, -0.2) is 4.79 Å². The van der Waals surface area contributed by atoms with Crippen LogP contribution in [0.4, 0.5) is 0 Å². The highest BCUT2D eigenvalue weighted by atomic mass is 16.5. The zero-order valence-corrected chi connectivity index (χ0v) is 11.0. The molecule has 0 bridgehead atoms. The lowest BCUT2D eigenvalue weighted by molar-refractivity contribution is 0.0693. The summed E-state index contributed by atoms with van der Waals surface area (Å²) in [5, 5.41) is 18.2. The summed E-state index contributed by atoms with van der Waals surface area (Å²) in [6.07, 6.45) is 1.73. The number of para-hydroxylation sites is 1. The molecule has 1 heterocycles. The number of rotatable bonds is 5. The summed E-state index contributed by atoms with van der Waals surface area (Å²) in [4.78, 5) is 15.1. The van der Waals surface area contributed by atoms with Gasteiger partial charge in [-0.05, 0) is 25.0 Å². The minimum Gasteiger partial charge on any atom is -0.477 e. The van der Waals surface area contributed by atoms with Crippen molar-refractivity contribution in [1.29, 1.82) is 0 Å². The molecule has 0 saturated carbocycles. The Hall–Kier alpha value is -2.40. The number of aliphatic hydroxyl groups is 1. The summed E-state index contributed by atoms with van der Waals surface area (Å²) in [6.45, 7) is 1.76. The number of nitrogens with zero attached hydrogens (tertiary/aromatic N) is 1. The van der Waals surface area contributed by atoms with Crippen LogP contribution in [0.15, 0.2) is 36.5 Å². The second-order valence-corrected chi connectivity index (χ2v) is 4.31. The fraction of sp³-hybridized carbons (Fsp3) is 0.200. The van der Waals surface area contributed by atoms with Gasteiger partial charge in [0.1, 0.15) is 17.1 Å². The second kappa shape index (κ2) is 6.16. The van der Waals surface area contributed by atoms with Crippen molar-refractivity contribution < 1.29 is 19.7 Å². The molecule has 0 spiro atoms. The van der Waals surface area contributed by atoms with Crippen LogP contribution in [0.5, 0.6) is 11.5 Å². The lowest BCUT2D eigenvalue weighted by Crippen LogP contribution is -2.03. The molecule has 1 aromatic heterocycles. The maximum Gasteiger partial charge on any atom is 0.341 e. The highest BCUT2D eigenvalue weighted by molar-refractivity contribution is 5.90. The van der Waals surface area contributed by atoms with E-state index in [1.54, 1.807) is 25.1 Å². The van der Waals surface area contributed by atoms with Crippen LogP contribution in [0.3, 0.4) is 0 Å². The Morgan fingerprint density at radius 1 is 1.30 bits per heavy atom. The van der Waals surface area contributed by atoms with Crippen LogP contribution >= 0.6 is 0 Å². The molecule has 0 aliphatic heterocycles. The van der Waals surface area contributed by atoms with E-state index < -0.39 is 5.97 Å². The molecule has 104 valence electrons. The van der Waals surface area contributed by atoms with Crippen LogP contribution in [0.1, 0.15) is 21.6 Å². The summed E-state index contributed by atoms with van der Waals surface area (Å²) < 4.78 is 5.70. The average Bonchev–Trinajstić information content (AvgIpc) is 2.41. The maximum atomic E-state index is 11.2. The Morgan fingerprint density at radius 2 is 2.05 bits per heavy atom. The number of hydrogen-bond acceptors (Lipinski definition) is 4. The van der Waals surface area contributed by atoms with Crippen LogP contribution in [-0.4, -0.2) is 27.8 Å². The quantitative estimate of drug-likeness (QED) is 0.874. The maximum absolute atomic E-state index is 11.2. The fourth-order valence-corrected chi connectivity index (χ4v) is 1.83. The molecule has 0 aliphatic carbocycles. The minimum atomic E-state index is -1.09. The third kappa shape index (κ3) is 3.13. The van der Waals surface area contributed by atoms with E-state index in [2.05, 4.69) is 4.98 Å². The predicted molar refractivity (Wildman–Crippen MR) is 73.2 cm³/mol. The van der Waals surface area contributed by atoms with Crippen LogP contribution in [0.2, 0.25) is 0 Å². The summed E-state index contributed by atoms with van der Waals surface area (Å²) >= 11 is 0. The van der Waals surface area contributed by atoms with Gasteiger partial charge in [0.05, 0.1) is 0 Å². The molecule has 0 aliphatic rings. The Bertz CT molecular complexity index is 625. The third-order valence-corrected chi connectivity index (χ3v) is 2.81. The number of carbonyl (C=O) groups is 1. The predicted octanol–water partition coefficient (Wildman–Crippen LogP) is 2.42. The van der Waals surface area contributed by atoms with Crippen molar-refractivity contribution in [2.45, 2.75) is 13.3 Å². The van der Waals surface area contributed by atoms with E-state index in [1.165, 1.54) is 6.20 Å². The zero-order valence-electron chi connectivity index (χ0n) is 11.0. The number of carboxylic acids is 1. The SMILES string of the molecule is Cc1cc(Oc2ccccc2CCO)c(C(=O)O)cn1. The van der Waals surface area contributed by atoms with Gasteiger partial charge >= 0.3 is 5.97 Å². The molecule has 20 heavy (non-hydrogen) atoms. The first-order valence-corrected chi connectivity index (χ1v) is 6.18. The number of ether oxygens (including phenoxy) is 1. The molecule has 1 aromatic carbocycles. The first-order valence-electron chi connectivity index (χ1n) is 6.18. The van der Waals surface area contributed by atoms with Crippen molar-refractivity contribution in [3.8, 4) is 11.5 Å². The smallest absolute Gasteiger partial charge is 0.341 e. The van der Waals surface area contributed by atoms with Crippen molar-refractivity contribution in [3.05, 3.63) is 53.3 Å². The fourth-order valence-electron chi connectivity index (χ4n) is 1.83. The number of aliphatic hydroxyl groups excluding tert-OH is 1. The highest BCUT2D eigenvalue weighted by Crippen LogP contribution is 2.28. The second-order valence-electron chi connectivity index (χ2n) is 4.31. The van der Waals surface area contributed by atoms with E-state index >= 15 is 0 Å². The average molecular weight is 273 g/mol. The standard InChI is InChI=1S/C15H15NO4/c1-10-8-14(12(9-16-10)15(18)19)20-13-5-3-2-4-11(13)6-7-17/h2-5,8-9,17H,6-7H2,1H3,(H,18,19). The van der Waals surface area contributed by atoms with Crippen molar-refractivity contribution >= 4 is 5.97 Å². The van der Waals surface area contributed by atoms with Crippen LogP contribution in [-0.2, 0) is 6.42 Å². The summed E-state index contributed by atoms with van der Waals surface area (Å²) in [5.74, 6) is -0.308. The molecule has 0 amide bonds. The molecule has 5 heteroatoms. The number of carboxylic acid groups (broad SMARTS) is 1. The Morgan fingerprint density at radius 3 is 2.75 bits per heavy atom. The largest absolute Gasteiger partial charge is 0.477 e. The molecule has 2 aromatic rings. The van der Waals surface area contributed by atoms with E-state index in [-0.39, 0.29) is 17.9 Å². The molecule has 0 atom stereocenters. The van der Waals surface area contributed by atoms with E-state index in [0.29, 0.717) is 17.9 Å². The van der Waals surface area contributed by atoms with Crippen molar-refractivity contribution in [1.82, 2.24) is 4.98 Å². The van der Waals surface area contributed by atoms with E-state index in [9.17, 15) is 4.79 Å². The van der Waals surface area contributed by atoms with Gasteiger partial charge in [0.15, 0.2) is 0 Å². The van der Waals surface area contributed by atoms with Crippen molar-refractivity contribution in [2.75, 3.05) is 6.61 Å². The van der Waals surface area contributed by atoms with Crippen LogP contribution in [0, 0.1) is 6.92 Å². The monoisotopic (exact) mass is 273 g/mol. The van der Waals surface area contributed by atoms with Crippen molar-refractivity contribution in [3.63, 3.8) is 0 Å². The Kier molecular flexibility index (Phi) is 4.32. The van der Waals surface area contributed by atoms with E-state index in [1.807, 2.05) is 12.1 Å². The summed E-state index contributed by atoms with van der Waals surface area (Å²) in [7, 11) is 0. The molecular formula is C15H15NO4. The van der Waals surface area contributed by atoms with Gasteiger partial charge in [-0.3, -0.25) is 4.98 Å². The molecule has 0 saturated heterocycles. The molecule has 0 unspecified atom stereocenters. The van der Waals surface area contributed by atoms with Gasteiger partial charge < -0.3 is 14.9 Å². The van der Waals surface area contributed by atoms with Gasteiger partial charge in [0.2, 0.25) is 0 Å². The van der Waals surface area contributed by atoms with Gasteiger partial charge in [-0.15, -0.1) is 0 Å². The molecule has 2 N–H and O–H groups in total. The Balaban J connectivity index is 2.39. The van der Waals surface area contributed by atoms with E-state index in [4.69, 9.17) is 14.9 Å². The molecule has 5 nitrogen and oxygen atoms in total. The first-order chi connectivity index (χ1) is 9.61. The van der Waals surface area contributed by atoms with Crippen LogP contribution in [0.25, 0.3) is 0 Å². The van der Waals surface area contributed by atoms with Gasteiger partial charge in [0, 0.05) is 24.6 Å². The Labute approximate surface area is 116 Å². The third-order valence-electron chi connectivity index (χ3n) is 2.81. The number of aryl methyl sites for hydroxylation is 1. The molecule has 0 radical (unpaired) electrons. The number of benzene rings is 1.